The Labute approximate surface area is 122 Å². The molecule has 2 aromatic heterocycles. The van der Waals surface area contributed by atoms with Crippen molar-refractivity contribution in [2.45, 2.75) is 0 Å². The van der Waals surface area contributed by atoms with Gasteiger partial charge in [0.05, 0.1) is 0 Å². The number of nitrogens with zero attached hydrogens (tertiary/aromatic N) is 3. The van der Waals surface area contributed by atoms with Crippen LogP contribution in [0, 0.1) is 0 Å². The van der Waals surface area contributed by atoms with Crippen molar-refractivity contribution in [3.63, 3.8) is 0 Å². The summed E-state index contributed by atoms with van der Waals surface area (Å²) in [7, 11) is 3.57. The minimum Gasteiger partial charge on any atom is -0.483 e. The number of hydrogen-bond donors (Lipinski definition) is 1. The molecule has 0 atom stereocenters. The molecule has 0 spiro atoms. The number of ether oxygens (including phenoxy) is 1. The first kappa shape index (κ1) is 14.7. The van der Waals surface area contributed by atoms with E-state index in [0.717, 1.165) is 39.2 Å². The second-order valence-corrected chi connectivity index (χ2v) is 4.39. The standard InChI is InChI=1S/C10H10N3O.CH2O2.Na/c1-13-7-8(6-11-13)9-4-3-5-10(12-9)14-2;2-1-3;/h3-6H,1-2H3;1H,(H,2,3);. The molecule has 0 radical (unpaired) electrons. The molecule has 0 aliphatic carbocycles. The Bertz CT molecular complexity index is 528. The van der Waals surface area contributed by atoms with Crippen LogP contribution in [0.3, 0.4) is 0 Å². The van der Waals surface area contributed by atoms with Crippen LogP contribution in [0.5, 0.6) is 5.88 Å². The third-order valence-corrected chi connectivity index (χ3v) is 3.63. The van der Waals surface area contributed by atoms with Gasteiger partial charge in [-0.15, -0.1) is 0 Å². The summed E-state index contributed by atoms with van der Waals surface area (Å²) in [5.74, 6) is 0.636. The van der Waals surface area contributed by atoms with Crippen molar-refractivity contribution >= 4 is 37.3 Å². The average molecular weight is 257 g/mol. The number of aryl methyl sites for hydroxylation is 1. The molecule has 2 heterocycles. The Morgan fingerprint density at radius 1 is 1.50 bits per heavy atom. The first-order valence-electron chi connectivity index (χ1n) is 5.22. The van der Waals surface area contributed by atoms with E-state index in [1.54, 1.807) is 7.11 Å². The van der Waals surface area contributed by atoms with Gasteiger partial charge in [0.1, 0.15) is 0 Å². The van der Waals surface area contributed by atoms with Crippen molar-refractivity contribution in [3.8, 4) is 17.1 Å². The van der Waals surface area contributed by atoms with Gasteiger partial charge in [-0.1, -0.05) is 0 Å². The minimum atomic E-state index is -0.250. The fourth-order valence-electron chi connectivity index (χ4n) is 1.43. The number of hydrogen-bond acceptors (Lipinski definition) is 4. The van der Waals surface area contributed by atoms with Gasteiger partial charge in [0, 0.05) is 0 Å². The van der Waals surface area contributed by atoms with E-state index in [0.29, 0.717) is 5.88 Å². The van der Waals surface area contributed by atoms with Crippen molar-refractivity contribution in [2.24, 2.45) is 7.05 Å². The van der Waals surface area contributed by atoms with Crippen LogP contribution in [-0.2, 0) is 11.8 Å². The Kier molecular flexibility index (Phi) is 5.84. The number of pyridine rings is 1. The zero-order chi connectivity index (χ0) is 13.5. The maximum absolute atomic E-state index is 8.36. The van der Waals surface area contributed by atoms with Crippen molar-refractivity contribution in [1.29, 1.82) is 0 Å². The Balaban J connectivity index is 0.000000492. The first-order valence-corrected chi connectivity index (χ1v) is 6.22. The molecule has 0 aliphatic heterocycles. The van der Waals surface area contributed by atoms with Crippen LogP contribution in [0.4, 0.5) is 0 Å². The molecule has 6 nitrogen and oxygen atoms in total. The van der Waals surface area contributed by atoms with E-state index in [1.807, 2.05) is 36.1 Å². The number of aromatic nitrogens is 3. The van der Waals surface area contributed by atoms with Crippen LogP contribution in [0.1, 0.15) is 0 Å². The predicted molar refractivity (Wildman–Crippen MR) is 67.1 cm³/mol. The molecule has 0 unspecified atom stereocenters. The topological polar surface area (TPSA) is 77.2 Å². The molecule has 0 fully saturated rings. The van der Waals surface area contributed by atoms with Crippen molar-refractivity contribution in [3.05, 3.63) is 24.4 Å². The molecule has 18 heavy (non-hydrogen) atoms. The molecule has 0 aliphatic rings. The molecule has 2 aromatic rings. The molecule has 7 heteroatoms. The fourth-order valence-corrected chi connectivity index (χ4v) is 1.93. The molecule has 90 valence electrons. The van der Waals surface area contributed by atoms with E-state index < -0.39 is 0 Å². The zero-order valence-corrected chi connectivity index (χ0v) is 12.5. The molecule has 0 saturated heterocycles. The normalized spacial score (nSPS) is 9.33. The fraction of sp³-hybridized carbons (Fsp3) is 0.182. The Hall–Kier alpha value is -1.37. The van der Waals surface area contributed by atoms with Crippen molar-refractivity contribution in [2.75, 3.05) is 7.11 Å². The molecular formula is C11H12N3NaO3. The number of carbonyl (C=O) groups is 1. The number of methoxy groups -OCH3 is 1. The van der Waals surface area contributed by atoms with Gasteiger partial charge in [0.15, 0.2) is 0 Å². The number of carboxylic acid groups (broad SMARTS) is 1. The predicted octanol–water partition coefficient (Wildman–Crippen LogP) is -0.0147. The van der Waals surface area contributed by atoms with Gasteiger partial charge in [-0.25, -0.2) is 0 Å². The van der Waals surface area contributed by atoms with E-state index in [-0.39, 0.29) is 6.47 Å². The van der Waals surface area contributed by atoms with Gasteiger partial charge in [0.2, 0.25) is 0 Å². The summed E-state index contributed by atoms with van der Waals surface area (Å²) in [5.41, 5.74) is 2.02. The molecule has 1 N–H and O–H groups in total. The Morgan fingerprint density at radius 2 is 2.17 bits per heavy atom. The van der Waals surface area contributed by atoms with E-state index in [2.05, 4.69) is 10.1 Å². The summed E-state index contributed by atoms with van der Waals surface area (Å²) in [5, 5.41) is 11.1. The second-order valence-electron chi connectivity index (χ2n) is 3.44. The van der Waals surface area contributed by atoms with Gasteiger partial charge in [-0.2, -0.15) is 0 Å². The average Bonchev–Trinajstić information content (AvgIpc) is 2.71. The molecule has 0 aromatic carbocycles. The Morgan fingerprint density at radius 3 is 2.67 bits per heavy atom. The molecule has 0 bridgehead atoms. The first-order chi connectivity index (χ1) is 8.63. The van der Waals surface area contributed by atoms with E-state index in [4.69, 9.17) is 14.6 Å². The van der Waals surface area contributed by atoms with Crippen molar-refractivity contribution < 1.29 is 14.6 Å². The maximum Gasteiger partial charge on any atom is 0.290 e. The van der Waals surface area contributed by atoms with Crippen LogP contribution >= 0.6 is 0 Å². The van der Waals surface area contributed by atoms with Crippen LogP contribution in [-0.4, -0.2) is 61.4 Å². The van der Waals surface area contributed by atoms with Crippen LogP contribution in [0.15, 0.2) is 24.4 Å². The van der Waals surface area contributed by atoms with Gasteiger partial charge in [0.25, 0.3) is 6.47 Å². The molecular weight excluding hydrogens is 245 g/mol. The SMILES string of the molecule is COc1cccc(-c2cnn(C)[c]2[Na])n1.O=CO. The van der Waals surface area contributed by atoms with E-state index >= 15 is 0 Å². The van der Waals surface area contributed by atoms with Gasteiger partial charge in [-0.05, 0) is 0 Å². The smallest absolute Gasteiger partial charge is 0.290 e. The van der Waals surface area contributed by atoms with Crippen LogP contribution < -0.4 is 7.68 Å². The van der Waals surface area contributed by atoms with Gasteiger partial charge < -0.3 is 5.11 Å². The maximum atomic E-state index is 8.36. The summed E-state index contributed by atoms with van der Waals surface area (Å²) in [4.78, 5) is 12.7. The van der Waals surface area contributed by atoms with Gasteiger partial charge >= 0.3 is 106 Å². The third kappa shape index (κ3) is 3.56. The summed E-state index contributed by atoms with van der Waals surface area (Å²) in [6, 6.07) is 5.75. The largest absolute Gasteiger partial charge is 0.483 e. The third-order valence-electron chi connectivity index (χ3n) is 2.44. The summed E-state index contributed by atoms with van der Waals surface area (Å²) < 4.78 is 8.22. The molecule has 2 rings (SSSR count). The number of rotatable bonds is 2. The van der Waals surface area contributed by atoms with E-state index in [9.17, 15) is 0 Å². The second kappa shape index (κ2) is 7.15. The quantitative estimate of drug-likeness (QED) is 0.604. The van der Waals surface area contributed by atoms with Crippen LogP contribution in [0.2, 0.25) is 0 Å². The van der Waals surface area contributed by atoms with Crippen LogP contribution in [0.25, 0.3) is 11.3 Å². The summed E-state index contributed by atoms with van der Waals surface area (Å²) >= 11 is 0.954. The van der Waals surface area contributed by atoms with E-state index in [1.165, 1.54) is 2.94 Å². The summed E-state index contributed by atoms with van der Waals surface area (Å²) in [6.45, 7) is -0.250. The zero-order valence-electron chi connectivity index (χ0n) is 10.5. The monoisotopic (exact) mass is 257 g/mol. The van der Waals surface area contributed by atoms with Gasteiger partial charge in [-0.3, -0.25) is 4.79 Å². The van der Waals surface area contributed by atoms with Crippen molar-refractivity contribution in [1.82, 2.24) is 14.8 Å². The molecule has 0 saturated carbocycles. The molecule has 0 amide bonds. The summed E-state index contributed by atoms with van der Waals surface area (Å²) in [6.07, 6.45) is 1.85. The minimum absolute atomic E-state index is 0.250.